The number of aryl methyl sites for hydroxylation is 1. The number of nitrogens with zero attached hydrogens (tertiary/aromatic N) is 3. The van der Waals surface area contributed by atoms with Crippen molar-refractivity contribution in [3.63, 3.8) is 0 Å². The van der Waals surface area contributed by atoms with Crippen LogP contribution >= 0.6 is 0 Å². The Kier molecular flexibility index (Phi) is 4.83. The van der Waals surface area contributed by atoms with Crippen LogP contribution in [0, 0.1) is 18.8 Å². The van der Waals surface area contributed by atoms with E-state index in [0.29, 0.717) is 34.9 Å². The monoisotopic (exact) mass is 329 g/mol. The van der Waals surface area contributed by atoms with Gasteiger partial charge in [0.05, 0.1) is 0 Å². The molecule has 1 amide bonds. The van der Waals surface area contributed by atoms with Crippen molar-refractivity contribution in [2.75, 3.05) is 13.1 Å². The predicted molar refractivity (Wildman–Crippen MR) is 88.7 cm³/mol. The number of aromatic nitrogens is 2. The highest BCUT2D eigenvalue weighted by Crippen LogP contribution is 2.23. The number of piperidine rings is 1. The minimum absolute atomic E-state index is 0.0914. The van der Waals surface area contributed by atoms with Crippen molar-refractivity contribution in [3.8, 4) is 5.75 Å². The summed E-state index contributed by atoms with van der Waals surface area (Å²) in [5.74, 6) is 2.89. The van der Waals surface area contributed by atoms with E-state index >= 15 is 0 Å². The summed E-state index contributed by atoms with van der Waals surface area (Å²) in [6, 6.07) is 7.22. The molecule has 2 aromatic rings. The molecule has 1 fully saturated rings. The zero-order chi connectivity index (χ0) is 17.1. The van der Waals surface area contributed by atoms with Gasteiger partial charge in [-0.25, -0.2) is 0 Å². The summed E-state index contributed by atoms with van der Waals surface area (Å²) >= 11 is 0. The lowest BCUT2D eigenvalue weighted by Gasteiger charge is -2.35. The first kappa shape index (κ1) is 16.5. The Balaban J connectivity index is 1.60. The highest BCUT2D eigenvalue weighted by atomic mass is 16.5. The number of benzene rings is 1. The molecular formula is C18H23N3O3. The number of amides is 1. The fourth-order valence-corrected chi connectivity index (χ4v) is 3.25. The zero-order valence-corrected chi connectivity index (χ0v) is 14.4. The minimum atomic E-state index is 0.0914. The standard InChI is InChI=1S/C18H23N3O3/c1-12-8-13(2)10-21(9-12)18(22)15-4-6-16(7-5-15)23-11-17-19-14(3)24-20-17/h4-7,12-13H,8-11H2,1-3H3. The first-order valence-electron chi connectivity index (χ1n) is 8.32. The Hall–Kier alpha value is -2.37. The Morgan fingerprint density at radius 3 is 2.50 bits per heavy atom. The molecule has 6 heteroatoms. The topological polar surface area (TPSA) is 68.5 Å². The van der Waals surface area contributed by atoms with E-state index in [-0.39, 0.29) is 12.5 Å². The Bertz CT molecular complexity index is 686. The van der Waals surface area contributed by atoms with Gasteiger partial charge in [0, 0.05) is 25.6 Å². The van der Waals surface area contributed by atoms with Crippen molar-refractivity contribution in [2.45, 2.75) is 33.8 Å². The predicted octanol–water partition coefficient (Wildman–Crippen LogP) is 3.08. The summed E-state index contributed by atoms with van der Waals surface area (Å²) in [5, 5.41) is 3.78. The average Bonchev–Trinajstić information content (AvgIpc) is 2.97. The molecule has 1 aliphatic heterocycles. The third-order valence-corrected chi connectivity index (χ3v) is 4.19. The van der Waals surface area contributed by atoms with Crippen molar-refractivity contribution >= 4 is 5.91 Å². The number of ether oxygens (including phenoxy) is 1. The highest BCUT2D eigenvalue weighted by Gasteiger charge is 2.26. The normalized spacial score (nSPS) is 20.9. The molecule has 24 heavy (non-hydrogen) atoms. The second kappa shape index (κ2) is 7.03. The van der Waals surface area contributed by atoms with Crippen LogP contribution in [-0.4, -0.2) is 34.0 Å². The molecule has 3 rings (SSSR count). The molecule has 2 heterocycles. The number of hydrogen-bond donors (Lipinski definition) is 0. The van der Waals surface area contributed by atoms with Gasteiger partial charge in [-0.2, -0.15) is 4.98 Å². The minimum Gasteiger partial charge on any atom is -0.485 e. The number of carbonyl (C=O) groups is 1. The first-order chi connectivity index (χ1) is 11.5. The third-order valence-electron chi connectivity index (χ3n) is 4.19. The van der Waals surface area contributed by atoms with Crippen molar-refractivity contribution in [1.82, 2.24) is 15.0 Å². The van der Waals surface area contributed by atoms with Gasteiger partial charge in [-0.3, -0.25) is 4.79 Å². The van der Waals surface area contributed by atoms with Crippen LogP contribution in [0.2, 0.25) is 0 Å². The molecular weight excluding hydrogens is 306 g/mol. The molecule has 0 aliphatic carbocycles. The van der Waals surface area contributed by atoms with Crippen molar-refractivity contribution < 1.29 is 14.1 Å². The average molecular weight is 329 g/mol. The Morgan fingerprint density at radius 1 is 1.25 bits per heavy atom. The fourth-order valence-electron chi connectivity index (χ4n) is 3.25. The smallest absolute Gasteiger partial charge is 0.253 e. The summed E-state index contributed by atoms with van der Waals surface area (Å²) in [4.78, 5) is 18.7. The second-order valence-electron chi connectivity index (χ2n) is 6.70. The Morgan fingerprint density at radius 2 is 1.92 bits per heavy atom. The number of carbonyl (C=O) groups excluding carboxylic acids is 1. The molecule has 1 aromatic heterocycles. The van der Waals surface area contributed by atoms with Gasteiger partial charge >= 0.3 is 0 Å². The van der Waals surface area contributed by atoms with Gasteiger partial charge in [0.15, 0.2) is 6.61 Å². The number of rotatable bonds is 4. The van der Waals surface area contributed by atoms with Crippen LogP contribution in [0.3, 0.4) is 0 Å². The maximum Gasteiger partial charge on any atom is 0.253 e. The lowest BCUT2D eigenvalue weighted by molar-refractivity contribution is 0.0623. The van der Waals surface area contributed by atoms with Gasteiger partial charge in [0.2, 0.25) is 11.7 Å². The van der Waals surface area contributed by atoms with Gasteiger partial charge in [0.1, 0.15) is 5.75 Å². The first-order valence-corrected chi connectivity index (χ1v) is 8.32. The number of hydrogen-bond acceptors (Lipinski definition) is 5. The summed E-state index contributed by atoms with van der Waals surface area (Å²) in [6.45, 7) is 8.04. The van der Waals surface area contributed by atoms with Crippen LogP contribution in [-0.2, 0) is 6.61 Å². The molecule has 0 saturated carbocycles. The summed E-state index contributed by atoms with van der Waals surface area (Å²) in [7, 11) is 0. The van der Waals surface area contributed by atoms with Gasteiger partial charge in [-0.15, -0.1) is 0 Å². The molecule has 1 aromatic carbocycles. The molecule has 0 spiro atoms. The van der Waals surface area contributed by atoms with Gasteiger partial charge < -0.3 is 14.2 Å². The van der Waals surface area contributed by atoms with Crippen LogP contribution in [0.15, 0.2) is 28.8 Å². The van der Waals surface area contributed by atoms with Crippen LogP contribution < -0.4 is 4.74 Å². The molecule has 2 unspecified atom stereocenters. The van der Waals surface area contributed by atoms with E-state index in [0.717, 1.165) is 13.1 Å². The maximum absolute atomic E-state index is 12.6. The third kappa shape index (κ3) is 3.93. The highest BCUT2D eigenvalue weighted by molar-refractivity contribution is 5.94. The van der Waals surface area contributed by atoms with Gasteiger partial charge in [-0.1, -0.05) is 19.0 Å². The molecule has 6 nitrogen and oxygen atoms in total. The van der Waals surface area contributed by atoms with Crippen molar-refractivity contribution in [1.29, 1.82) is 0 Å². The van der Waals surface area contributed by atoms with E-state index in [1.807, 2.05) is 17.0 Å². The van der Waals surface area contributed by atoms with Crippen molar-refractivity contribution in [2.24, 2.45) is 11.8 Å². The molecule has 0 N–H and O–H groups in total. The van der Waals surface area contributed by atoms with E-state index in [9.17, 15) is 4.79 Å². The largest absolute Gasteiger partial charge is 0.485 e. The Labute approximate surface area is 141 Å². The zero-order valence-electron chi connectivity index (χ0n) is 14.4. The maximum atomic E-state index is 12.6. The summed E-state index contributed by atoms with van der Waals surface area (Å²) < 4.78 is 10.5. The molecule has 2 atom stereocenters. The quantitative estimate of drug-likeness (QED) is 0.862. The molecule has 1 saturated heterocycles. The lowest BCUT2D eigenvalue weighted by Crippen LogP contribution is -2.42. The van der Waals surface area contributed by atoms with E-state index in [1.165, 1.54) is 6.42 Å². The molecule has 0 radical (unpaired) electrons. The van der Waals surface area contributed by atoms with E-state index < -0.39 is 0 Å². The lowest BCUT2D eigenvalue weighted by atomic mass is 9.91. The fraction of sp³-hybridized carbons (Fsp3) is 0.500. The van der Waals surface area contributed by atoms with Gasteiger partial charge in [0.25, 0.3) is 5.91 Å². The summed E-state index contributed by atoms with van der Waals surface area (Å²) in [6.07, 6.45) is 1.19. The van der Waals surface area contributed by atoms with Crippen LogP contribution in [0.25, 0.3) is 0 Å². The van der Waals surface area contributed by atoms with Crippen LogP contribution in [0.5, 0.6) is 5.75 Å². The molecule has 128 valence electrons. The van der Waals surface area contributed by atoms with Gasteiger partial charge in [-0.05, 0) is 42.5 Å². The van der Waals surface area contributed by atoms with E-state index in [2.05, 4.69) is 24.0 Å². The van der Waals surface area contributed by atoms with Crippen molar-refractivity contribution in [3.05, 3.63) is 41.5 Å². The number of likely N-dealkylation sites (tertiary alicyclic amines) is 1. The van der Waals surface area contributed by atoms with E-state index in [1.54, 1.807) is 19.1 Å². The molecule has 1 aliphatic rings. The van der Waals surface area contributed by atoms with Crippen LogP contribution in [0.4, 0.5) is 0 Å². The SMILES string of the molecule is Cc1nc(COc2ccc(C(=O)N3CC(C)CC(C)C3)cc2)no1. The van der Waals surface area contributed by atoms with E-state index in [4.69, 9.17) is 9.26 Å². The second-order valence-corrected chi connectivity index (χ2v) is 6.70. The molecule has 0 bridgehead atoms. The van der Waals surface area contributed by atoms with Crippen LogP contribution in [0.1, 0.15) is 42.3 Å². The summed E-state index contributed by atoms with van der Waals surface area (Å²) in [5.41, 5.74) is 0.694.